The zero-order valence-electron chi connectivity index (χ0n) is 11.7. The molecule has 1 heterocycles. The van der Waals surface area contributed by atoms with Gasteiger partial charge in [-0.1, -0.05) is 31.2 Å². The number of amides is 1. The van der Waals surface area contributed by atoms with Gasteiger partial charge in [-0.15, -0.1) is 0 Å². The van der Waals surface area contributed by atoms with Crippen LogP contribution < -0.4 is 11.1 Å². The molecule has 4 nitrogen and oxygen atoms in total. The molecule has 1 saturated carbocycles. The Bertz CT molecular complexity index is 510. The van der Waals surface area contributed by atoms with Crippen LogP contribution in [0, 0.1) is 17.8 Å². The van der Waals surface area contributed by atoms with Crippen molar-refractivity contribution in [3.63, 3.8) is 0 Å². The maximum atomic E-state index is 12.0. The van der Waals surface area contributed by atoms with Gasteiger partial charge in [0.05, 0.1) is 6.54 Å². The monoisotopic (exact) mass is 271 g/mol. The fourth-order valence-corrected chi connectivity index (χ4v) is 2.56. The number of nitrogens with one attached hydrogen (secondary N) is 1. The first-order chi connectivity index (χ1) is 9.78. The molecule has 0 aliphatic heterocycles. The van der Waals surface area contributed by atoms with Gasteiger partial charge >= 0.3 is 0 Å². The topological polar surface area (TPSA) is 68.0 Å². The summed E-state index contributed by atoms with van der Waals surface area (Å²) in [6, 6.07) is 5.43. The first-order valence-corrected chi connectivity index (χ1v) is 7.24. The Morgan fingerprint density at radius 1 is 1.35 bits per heavy atom. The van der Waals surface area contributed by atoms with Crippen LogP contribution in [0.1, 0.15) is 44.2 Å². The molecule has 2 rings (SSSR count). The molecule has 1 aliphatic carbocycles. The van der Waals surface area contributed by atoms with Gasteiger partial charge in [0.1, 0.15) is 11.5 Å². The van der Waals surface area contributed by atoms with E-state index in [-0.39, 0.29) is 5.91 Å². The zero-order valence-corrected chi connectivity index (χ0v) is 11.7. The first kappa shape index (κ1) is 14.5. The van der Waals surface area contributed by atoms with Gasteiger partial charge in [-0.05, 0) is 36.8 Å². The molecule has 1 fully saturated rings. The third kappa shape index (κ3) is 4.67. The molecule has 4 heteroatoms. The molecule has 0 aromatic carbocycles. The summed E-state index contributed by atoms with van der Waals surface area (Å²) in [6.07, 6.45) is 6.74. The van der Waals surface area contributed by atoms with Crippen LogP contribution in [0.2, 0.25) is 0 Å². The molecular weight excluding hydrogens is 250 g/mol. The highest BCUT2D eigenvalue weighted by Gasteiger charge is 2.17. The Balaban J connectivity index is 1.90. The lowest BCUT2D eigenvalue weighted by molar-refractivity contribution is -0.117. The largest absolute Gasteiger partial charge is 0.320 e. The highest BCUT2D eigenvalue weighted by molar-refractivity contribution is 5.89. The van der Waals surface area contributed by atoms with Crippen LogP contribution >= 0.6 is 0 Å². The molecule has 0 unspecified atom stereocenters. The summed E-state index contributed by atoms with van der Waals surface area (Å²) in [5.41, 5.74) is 5.96. The number of pyridine rings is 1. The van der Waals surface area contributed by atoms with Crippen LogP contribution in [-0.4, -0.2) is 17.4 Å². The van der Waals surface area contributed by atoms with Gasteiger partial charge in [-0.3, -0.25) is 4.79 Å². The van der Waals surface area contributed by atoms with Gasteiger partial charge in [0, 0.05) is 6.42 Å². The molecule has 1 amide bonds. The van der Waals surface area contributed by atoms with E-state index in [9.17, 15) is 4.79 Å². The zero-order chi connectivity index (χ0) is 14.2. The van der Waals surface area contributed by atoms with Crippen LogP contribution in [0.5, 0.6) is 0 Å². The fraction of sp³-hybridized carbons (Fsp3) is 0.500. The lowest BCUT2D eigenvalue weighted by atomic mass is 9.87. The van der Waals surface area contributed by atoms with Crippen molar-refractivity contribution in [2.75, 3.05) is 11.9 Å². The second kappa shape index (κ2) is 7.66. The SMILES string of the molecule is NCC#Cc1cccc(NC(=O)CC2CCCCC2)n1. The first-order valence-electron chi connectivity index (χ1n) is 7.24. The Labute approximate surface area is 120 Å². The average Bonchev–Trinajstić information content (AvgIpc) is 2.46. The third-order valence-corrected chi connectivity index (χ3v) is 3.53. The summed E-state index contributed by atoms with van der Waals surface area (Å²) in [5.74, 6) is 6.76. The summed E-state index contributed by atoms with van der Waals surface area (Å²) in [6.45, 7) is 0.306. The maximum Gasteiger partial charge on any atom is 0.225 e. The van der Waals surface area contributed by atoms with Crippen LogP contribution in [0.3, 0.4) is 0 Å². The van der Waals surface area contributed by atoms with Gasteiger partial charge in [-0.2, -0.15) is 0 Å². The minimum absolute atomic E-state index is 0.0494. The van der Waals surface area contributed by atoms with E-state index in [0.29, 0.717) is 30.4 Å². The molecule has 0 radical (unpaired) electrons. The summed E-state index contributed by atoms with van der Waals surface area (Å²) in [5, 5.41) is 2.86. The van der Waals surface area contributed by atoms with Crippen molar-refractivity contribution in [1.29, 1.82) is 0 Å². The molecule has 0 spiro atoms. The van der Waals surface area contributed by atoms with E-state index in [4.69, 9.17) is 5.73 Å². The Kier molecular flexibility index (Phi) is 5.57. The van der Waals surface area contributed by atoms with Crippen molar-refractivity contribution in [3.8, 4) is 11.8 Å². The molecule has 1 aromatic rings. The van der Waals surface area contributed by atoms with Crippen molar-refractivity contribution >= 4 is 11.7 Å². The lowest BCUT2D eigenvalue weighted by Gasteiger charge is -2.20. The van der Waals surface area contributed by atoms with Crippen molar-refractivity contribution in [2.45, 2.75) is 38.5 Å². The maximum absolute atomic E-state index is 12.0. The Morgan fingerprint density at radius 2 is 2.15 bits per heavy atom. The predicted octanol–water partition coefficient (Wildman–Crippen LogP) is 2.30. The minimum atomic E-state index is 0.0494. The van der Waals surface area contributed by atoms with E-state index in [1.165, 1.54) is 32.1 Å². The second-order valence-electron chi connectivity index (χ2n) is 5.17. The van der Waals surface area contributed by atoms with Gasteiger partial charge < -0.3 is 11.1 Å². The van der Waals surface area contributed by atoms with E-state index in [1.54, 1.807) is 12.1 Å². The minimum Gasteiger partial charge on any atom is -0.320 e. The lowest BCUT2D eigenvalue weighted by Crippen LogP contribution is -2.19. The summed E-state index contributed by atoms with van der Waals surface area (Å²) < 4.78 is 0. The number of hydrogen-bond acceptors (Lipinski definition) is 3. The Morgan fingerprint density at radius 3 is 2.90 bits per heavy atom. The van der Waals surface area contributed by atoms with Crippen molar-refractivity contribution < 1.29 is 4.79 Å². The van der Waals surface area contributed by atoms with E-state index < -0.39 is 0 Å². The van der Waals surface area contributed by atoms with E-state index >= 15 is 0 Å². The molecule has 3 N–H and O–H groups in total. The smallest absolute Gasteiger partial charge is 0.225 e. The summed E-state index contributed by atoms with van der Waals surface area (Å²) in [4.78, 5) is 16.3. The van der Waals surface area contributed by atoms with Crippen LogP contribution in [0.15, 0.2) is 18.2 Å². The molecule has 0 atom stereocenters. The predicted molar refractivity (Wildman–Crippen MR) is 80.0 cm³/mol. The molecule has 20 heavy (non-hydrogen) atoms. The fourth-order valence-electron chi connectivity index (χ4n) is 2.56. The van der Waals surface area contributed by atoms with Gasteiger partial charge in [0.25, 0.3) is 0 Å². The number of rotatable bonds is 3. The number of nitrogens with zero attached hydrogens (tertiary/aromatic N) is 1. The van der Waals surface area contributed by atoms with Crippen molar-refractivity contribution in [1.82, 2.24) is 4.98 Å². The molecule has 1 aromatic heterocycles. The van der Waals surface area contributed by atoms with Crippen LogP contribution in [0.4, 0.5) is 5.82 Å². The van der Waals surface area contributed by atoms with Crippen LogP contribution in [0.25, 0.3) is 0 Å². The average molecular weight is 271 g/mol. The second-order valence-corrected chi connectivity index (χ2v) is 5.17. The number of hydrogen-bond donors (Lipinski definition) is 2. The standard InChI is InChI=1S/C16H21N3O/c17-11-5-9-14-8-4-10-15(18-14)19-16(20)12-13-6-2-1-3-7-13/h4,8,10,13H,1-3,6-7,11-12,17H2,(H,18,19,20). The number of carbonyl (C=O) groups is 1. The highest BCUT2D eigenvalue weighted by Crippen LogP contribution is 2.26. The van der Waals surface area contributed by atoms with Crippen molar-refractivity contribution in [2.24, 2.45) is 11.7 Å². The van der Waals surface area contributed by atoms with Gasteiger partial charge in [0.2, 0.25) is 5.91 Å². The normalized spacial score (nSPS) is 15.2. The van der Waals surface area contributed by atoms with Crippen LogP contribution in [-0.2, 0) is 4.79 Å². The van der Waals surface area contributed by atoms with Crippen molar-refractivity contribution in [3.05, 3.63) is 23.9 Å². The Hall–Kier alpha value is -1.86. The highest BCUT2D eigenvalue weighted by atomic mass is 16.1. The molecule has 1 aliphatic rings. The molecule has 106 valence electrons. The van der Waals surface area contributed by atoms with E-state index in [0.717, 1.165) is 0 Å². The number of nitrogens with two attached hydrogens (primary N) is 1. The van der Waals surface area contributed by atoms with E-state index in [2.05, 4.69) is 22.1 Å². The summed E-state index contributed by atoms with van der Waals surface area (Å²) in [7, 11) is 0. The number of carbonyl (C=O) groups excluding carboxylic acids is 1. The third-order valence-electron chi connectivity index (χ3n) is 3.53. The van der Waals surface area contributed by atoms with E-state index in [1.807, 2.05) is 6.07 Å². The molecule has 0 bridgehead atoms. The van der Waals surface area contributed by atoms with Gasteiger partial charge in [0.15, 0.2) is 0 Å². The summed E-state index contributed by atoms with van der Waals surface area (Å²) >= 11 is 0. The van der Waals surface area contributed by atoms with Gasteiger partial charge in [-0.25, -0.2) is 4.98 Å². The number of aromatic nitrogens is 1. The quantitative estimate of drug-likeness (QED) is 0.829. The number of anilines is 1. The molecular formula is C16H21N3O. The molecule has 0 saturated heterocycles.